The molecule has 0 aliphatic carbocycles. The minimum Gasteiger partial charge on any atom is -0.494 e. The minimum absolute atomic E-state index is 0.188. The van der Waals surface area contributed by atoms with Crippen molar-refractivity contribution in [2.45, 2.75) is 30.0 Å². The summed E-state index contributed by atoms with van der Waals surface area (Å²) in [4.78, 5) is 27.9. The monoisotopic (exact) mass is 557 g/mol. The summed E-state index contributed by atoms with van der Waals surface area (Å²) in [7, 11) is -4.60. The van der Waals surface area contributed by atoms with Gasteiger partial charge in [-0.15, -0.1) is 0 Å². The van der Waals surface area contributed by atoms with Gasteiger partial charge in [0.05, 0.1) is 23.7 Å². The zero-order valence-corrected chi connectivity index (χ0v) is 20.3. The van der Waals surface area contributed by atoms with Crippen LogP contribution in [-0.4, -0.2) is 51.7 Å². The summed E-state index contributed by atoms with van der Waals surface area (Å²) in [6, 6.07) is 10.5. The third-order valence-electron chi connectivity index (χ3n) is 4.51. The van der Waals surface area contributed by atoms with Crippen LogP contribution in [0.3, 0.4) is 0 Å². The Bertz CT molecular complexity index is 1300. The highest BCUT2D eigenvalue weighted by atomic mass is 32.2. The van der Waals surface area contributed by atoms with Gasteiger partial charge in [0.15, 0.2) is 0 Å². The van der Waals surface area contributed by atoms with Crippen molar-refractivity contribution in [3.63, 3.8) is 0 Å². The van der Waals surface area contributed by atoms with Gasteiger partial charge in [-0.25, -0.2) is 23.5 Å². The molecule has 38 heavy (non-hydrogen) atoms. The molecular formula is C22H22F3N5O7S. The number of halogens is 3. The number of hydroxylamine groups is 1. The molecule has 1 atom stereocenters. The molecule has 0 aromatic heterocycles. The van der Waals surface area contributed by atoms with E-state index >= 15 is 0 Å². The maximum atomic E-state index is 12.9. The lowest BCUT2D eigenvalue weighted by atomic mass is 10.1. The Kier molecular flexibility index (Phi) is 10.6. The molecule has 16 heteroatoms. The van der Waals surface area contributed by atoms with Crippen LogP contribution in [0.1, 0.15) is 17.5 Å². The number of ether oxygens (including phenoxy) is 2. The Balaban J connectivity index is 2.16. The Morgan fingerprint density at radius 3 is 2.37 bits per heavy atom. The number of nitriles is 1. The number of rotatable bonds is 12. The average molecular weight is 558 g/mol. The fraction of sp³-hybridized carbons (Fsp3) is 0.273. The third kappa shape index (κ3) is 9.35. The Morgan fingerprint density at radius 1 is 1.11 bits per heavy atom. The van der Waals surface area contributed by atoms with Gasteiger partial charge in [0.1, 0.15) is 17.9 Å². The van der Waals surface area contributed by atoms with Gasteiger partial charge in [-0.2, -0.15) is 23.2 Å². The number of hydrogen-bond acceptors (Lipinski definition) is 9. The lowest BCUT2D eigenvalue weighted by Crippen LogP contribution is -2.45. The summed E-state index contributed by atoms with van der Waals surface area (Å²) in [6.45, 7) is 0.401. The number of esters is 2. The normalized spacial score (nSPS) is 12.2. The zero-order chi connectivity index (χ0) is 28.3. The van der Waals surface area contributed by atoms with Gasteiger partial charge in [0.2, 0.25) is 16.0 Å². The van der Waals surface area contributed by atoms with E-state index in [1.807, 2.05) is 4.72 Å². The molecule has 2 aromatic rings. The van der Waals surface area contributed by atoms with Crippen molar-refractivity contribution >= 4 is 27.9 Å². The fourth-order valence-corrected chi connectivity index (χ4v) is 4.19. The van der Waals surface area contributed by atoms with E-state index in [0.29, 0.717) is 12.2 Å². The molecule has 0 spiro atoms. The molecule has 204 valence electrons. The fourth-order valence-electron chi connectivity index (χ4n) is 2.84. The lowest BCUT2D eigenvalue weighted by molar-refractivity contribution is -0.202. The van der Waals surface area contributed by atoms with E-state index in [1.165, 1.54) is 42.5 Å². The highest BCUT2D eigenvalue weighted by Gasteiger charge is 2.44. The SMILES string of the molecule is N#Cc1ccccc1S(=O)(=O)N[C@@H](Cc1ccc(OCCCONC(=N)N)cc1)C(=O)OC(=O)C(F)(F)F. The van der Waals surface area contributed by atoms with Crippen LogP contribution < -0.4 is 20.7 Å². The maximum absolute atomic E-state index is 12.9. The van der Waals surface area contributed by atoms with E-state index < -0.39 is 45.5 Å². The van der Waals surface area contributed by atoms with Gasteiger partial charge in [-0.3, -0.25) is 10.2 Å². The van der Waals surface area contributed by atoms with E-state index in [1.54, 1.807) is 6.07 Å². The molecule has 2 rings (SSSR count). The first-order valence-corrected chi connectivity index (χ1v) is 12.1. The summed E-state index contributed by atoms with van der Waals surface area (Å²) >= 11 is 0. The second-order valence-electron chi connectivity index (χ2n) is 7.40. The topological polar surface area (TPSA) is 194 Å². The van der Waals surface area contributed by atoms with E-state index in [4.69, 9.17) is 20.7 Å². The second-order valence-corrected chi connectivity index (χ2v) is 9.08. The largest absolute Gasteiger partial charge is 0.494 e. The molecule has 0 aliphatic rings. The van der Waals surface area contributed by atoms with Gasteiger partial charge in [0.25, 0.3) is 0 Å². The van der Waals surface area contributed by atoms with Crippen molar-refractivity contribution in [2.75, 3.05) is 13.2 Å². The molecule has 0 fully saturated rings. The molecule has 0 saturated heterocycles. The molecule has 0 aliphatic heterocycles. The second kappa shape index (κ2) is 13.4. The number of guanidine groups is 1. The smallest absolute Gasteiger partial charge is 0.491 e. The highest BCUT2D eigenvalue weighted by Crippen LogP contribution is 2.20. The number of benzene rings is 2. The predicted molar refractivity (Wildman–Crippen MR) is 124 cm³/mol. The van der Waals surface area contributed by atoms with Crippen molar-refractivity contribution in [3.8, 4) is 11.8 Å². The van der Waals surface area contributed by atoms with Crippen molar-refractivity contribution in [1.82, 2.24) is 10.2 Å². The molecule has 12 nitrogen and oxygen atoms in total. The van der Waals surface area contributed by atoms with E-state index in [-0.39, 0.29) is 30.3 Å². The summed E-state index contributed by atoms with van der Waals surface area (Å²) < 4.78 is 74.8. The molecule has 0 unspecified atom stereocenters. The van der Waals surface area contributed by atoms with Crippen molar-refractivity contribution < 1.29 is 45.5 Å². The molecule has 0 heterocycles. The number of nitrogens with two attached hydrogens (primary N) is 1. The third-order valence-corrected chi connectivity index (χ3v) is 6.04. The van der Waals surface area contributed by atoms with Crippen LogP contribution in [0.4, 0.5) is 13.2 Å². The summed E-state index contributed by atoms with van der Waals surface area (Å²) in [5, 5.41) is 16.1. The average Bonchev–Trinajstić information content (AvgIpc) is 2.85. The van der Waals surface area contributed by atoms with Crippen LogP contribution in [0.15, 0.2) is 53.4 Å². The number of nitrogens with one attached hydrogen (secondary N) is 3. The van der Waals surface area contributed by atoms with Crippen molar-refractivity contribution in [3.05, 3.63) is 59.7 Å². The van der Waals surface area contributed by atoms with Gasteiger partial charge in [0, 0.05) is 6.42 Å². The first-order valence-electron chi connectivity index (χ1n) is 10.6. The molecule has 0 bridgehead atoms. The van der Waals surface area contributed by atoms with E-state index in [9.17, 15) is 36.4 Å². The Labute approximate surface area is 215 Å². The molecule has 0 radical (unpaired) electrons. The van der Waals surface area contributed by atoms with E-state index in [0.717, 1.165) is 6.07 Å². The zero-order valence-electron chi connectivity index (χ0n) is 19.4. The van der Waals surface area contributed by atoms with Gasteiger partial charge in [-0.05, 0) is 36.2 Å². The number of carbonyl (C=O) groups is 2. The standard InChI is InChI=1S/C22H22F3N5O7S/c23-22(24,25)20(32)37-19(31)17(30-38(33,34)18-5-2-1-4-15(18)13-26)12-14-6-8-16(9-7-14)35-10-3-11-36-29-21(27)28/h1-2,4-9,17,30H,3,10-12H2,(H4,27,28,29)/t17-/m0/s1. The number of hydrogen-bond donors (Lipinski definition) is 4. The predicted octanol–water partition coefficient (Wildman–Crippen LogP) is 1.26. The summed E-state index contributed by atoms with van der Waals surface area (Å²) in [5.41, 5.74) is 7.21. The Morgan fingerprint density at radius 2 is 1.76 bits per heavy atom. The molecule has 5 N–H and O–H groups in total. The van der Waals surface area contributed by atoms with E-state index in [2.05, 4.69) is 10.2 Å². The van der Waals surface area contributed by atoms with Crippen LogP contribution in [-0.2, 0) is 35.6 Å². The van der Waals surface area contributed by atoms with Gasteiger partial charge < -0.3 is 15.2 Å². The maximum Gasteiger partial charge on any atom is 0.491 e. The highest BCUT2D eigenvalue weighted by molar-refractivity contribution is 7.89. The summed E-state index contributed by atoms with van der Waals surface area (Å²) in [5.74, 6) is -4.58. The van der Waals surface area contributed by atoms with Crippen LogP contribution >= 0.6 is 0 Å². The molecule has 0 saturated carbocycles. The first-order chi connectivity index (χ1) is 17.8. The van der Waals surface area contributed by atoms with Crippen LogP contribution in [0.2, 0.25) is 0 Å². The van der Waals surface area contributed by atoms with Crippen molar-refractivity contribution in [2.24, 2.45) is 5.73 Å². The number of carbonyl (C=O) groups excluding carboxylic acids is 2. The first kappa shape index (κ1) is 30.0. The Hall–Kier alpha value is -4.20. The minimum atomic E-state index is -5.49. The molecular weight excluding hydrogens is 535 g/mol. The quantitative estimate of drug-likeness (QED) is 0.0737. The van der Waals surface area contributed by atoms with Gasteiger partial charge in [-0.1, -0.05) is 24.3 Å². The van der Waals surface area contributed by atoms with Crippen LogP contribution in [0.5, 0.6) is 5.75 Å². The summed E-state index contributed by atoms with van der Waals surface area (Å²) in [6.07, 6.45) is -5.56. The molecule has 0 amide bonds. The van der Waals surface area contributed by atoms with Crippen molar-refractivity contribution in [1.29, 1.82) is 10.7 Å². The van der Waals surface area contributed by atoms with Crippen LogP contribution in [0, 0.1) is 16.7 Å². The molecule has 2 aromatic carbocycles. The number of nitrogens with zero attached hydrogens (tertiary/aromatic N) is 1. The number of alkyl halides is 3. The lowest BCUT2D eigenvalue weighted by Gasteiger charge is -2.18. The van der Waals surface area contributed by atoms with Gasteiger partial charge >= 0.3 is 18.1 Å². The number of sulfonamides is 1. The van der Waals surface area contributed by atoms with Crippen LogP contribution in [0.25, 0.3) is 0 Å².